The van der Waals surface area contributed by atoms with Crippen molar-refractivity contribution in [3.05, 3.63) is 59.7 Å². The summed E-state index contributed by atoms with van der Waals surface area (Å²) in [6.45, 7) is 6.32. The number of nitrogens with zero attached hydrogens (tertiary/aromatic N) is 1. The van der Waals surface area contributed by atoms with Gasteiger partial charge in [-0.05, 0) is 49.7 Å². The van der Waals surface area contributed by atoms with E-state index in [9.17, 15) is 0 Å². The summed E-state index contributed by atoms with van der Waals surface area (Å²) in [4.78, 5) is 2.21. The van der Waals surface area contributed by atoms with E-state index in [1.54, 1.807) is 0 Å². The summed E-state index contributed by atoms with van der Waals surface area (Å²) in [5.74, 6) is 0. The van der Waals surface area contributed by atoms with Gasteiger partial charge in [0.1, 0.15) is 0 Å². The predicted octanol–water partition coefficient (Wildman–Crippen LogP) is 4.26. The summed E-state index contributed by atoms with van der Waals surface area (Å²) in [6, 6.07) is 17.4. The van der Waals surface area contributed by atoms with Crippen LogP contribution in [-0.4, -0.2) is 13.6 Å². The molecule has 2 rings (SSSR count). The Morgan fingerprint density at radius 3 is 2.00 bits per heavy atom. The Balaban J connectivity index is 2.03. The van der Waals surface area contributed by atoms with Gasteiger partial charge in [-0.1, -0.05) is 36.8 Å². The molecule has 0 saturated heterocycles. The smallest absolute Gasteiger partial charge is 0.0408 e. The van der Waals surface area contributed by atoms with Gasteiger partial charge in [0.05, 0.1) is 0 Å². The molecule has 0 radical (unpaired) electrons. The fourth-order valence-electron chi connectivity index (χ4n) is 2.16. The molecule has 0 atom stereocenters. The monoisotopic (exact) mass is 268 g/mol. The molecule has 0 aliphatic heterocycles. The molecule has 0 spiro atoms. The molecule has 20 heavy (non-hydrogen) atoms. The lowest BCUT2D eigenvalue weighted by atomic mass is 10.1. The summed E-state index contributed by atoms with van der Waals surface area (Å²) in [6.07, 6.45) is 1.17. The van der Waals surface area contributed by atoms with Crippen LogP contribution < -0.4 is 10.2 Å². The molecule has 0 aliphatic carbocycles. The van der Waals surface area contributed by atoms with Crippen LogP contribution >= 0.6 is 0 Å². The molecule has 0 saturated carbocycles. The zero-order valence-corrected chi connectivity index (χ0v) is 12.7. The summed E-state index contributed by atoms with van der Waals surface area (Å²) >= 11 is 0. The summed E-state index contributed by atoms with van der Waals surface area (Å²) in [5.41, 5.74) is 5.06. The minimum atomic E-state index is 0.947. The Bertz CT molecular complexity index is 514. The molecule has 0 heterocycles. The Labute approximate surface area is 122 Å². The first-order chi connectivity index (χ1) is 9.70. The van der Waals surface area contributed by atoms with Crippen molar-refractivity contribution in [1.29, 1.82) is 0 Å². The van der Waals surface area contributed by atoms with Crippen molar-refractivity contribution in [1.82, 2.24) is 5.32 Å². The number of benzene rings is 2. The maximum absolute atomic E-state index is 3.42. The first-order valence-electron chi connectivity index (χ1n) is 7.30. The van der Waals surface area contributed by atoms with Crippen molar-refractivity contribution in [2.24, 2.45) is 0 Å². The predicted molar refractivity (Wildman–Crippen MR) is 87.7 cm³/mol. The van der Waals surface area contributed by atoms with E-state index in [4.69, 9.17) is 0 Å². The average molecular weight is 268 g/mol. The molecular weight excluding hydrogens is 244 g/mol. The Hall–Kier alpha value is -1.80. The van der Waals surface area contributed by atoms with Gasteiger partial charge in [0.15, 0.2) is 0 Å². The largest absolute Gasteiger partial charge is 0.345 e. The van der Waals surface area contributed by atoms with Crippen LogP contribution in [0, 0.1) is 6.92 Å². The number of nitrogens with one attached hydrogen (secondary N) is 1. The van der Waals surface area contributed by atoms with Crippen molar-refractivity contribution in [3.8, 4) is 0 Å². The average Bonchev–Trinajstić information content (AvgIpc) is 2.48. The first-order valence-corrected chi connectivity index (χ1v) is 7.30. The van der Waals surface area contributed by atoms with Crippen molar-refractivity contribution < 1.29 is 0 Å². The van der Waals surface area contributed by atoms with E-state index in [1.165, 1.54) is 28.9 Å². The molecule has 0 bridgehead atoms. The zero-order chi connectivity index (χ0) is 14.4. The highest BCUT2D eigenvalue weighted by molar-refractivity contribution is 5.62. The van der Waals surface area contributed by atoms with Crippen LogP contribution in [0.5, 0.6) is 0 Å². The zero-order valence-electron chi connectivity index (χ0n) is 12.7. The van der Waals surface area contributed by atoms with Crippen LogP contribution in [0.25, 0.3) is 0 Å². The molecule has 2 heteroatoms. The number of anilines is 2. The molecule has 0 fully saturated rings. The van der Waals surface area contributed by atoms with E-state index in [0.717, 1.165) is 13.1 Å². The van der Waals surface area contributed by atoms with Crippen molar-refractivity contribution in [2.45, 2.75) is 26.8 Å². The van der Waals surface area contributed by atoms with Gasteiger partial charge in [-0.15, -0.1) is 0 Å². The molecule has 0 aromatic heterocycles. The lowest BCUT2D eigenvalue weighted by Crippen LogP contribution is -2.14. The van der Waals surface area contributed by atoms with Gasteiger partial charge in [-0.2, -0.15) is 0 Å². The molecule has 0 amide bonds. The molecule has 2 aromatic carbocycles. The van der Waals surface area contributed by atoms with E-state index in [1.807, 2.05) is 0 Å². The van der Waals surface area contributed by atoms with Crippen molar-refractivity contribution >= 4 is 11.4 Å². The van der Waals surface area contributed by atoms with Crippen LogP contribution in [0.2, 0.25) is 0 Å². The molecule has 0 aliphatic rings. The summed E-state index contributed by atoms with van der Waals surface area (Å²) in [7, 11) is 2.11. The minimum absolute atomic E-state index is 0.947. The number of rotatable bonds is 6. The van der Waals surface area contributed by atoms with E-state index < -0.39 is 0 Å². The molecule has 2 aromatic rings. The van der Waals surface area contributed by atoms with Crippen LogP contribution in [0.4, 0.5) is 11.4 Å². The fraction of sp³-hybridized carbons (Fsp3) is 0.333. The molecule has 1 N–H and O–H groups in total. The molecule has 106 valence electrons. The standard InChI is InChI=1S/C18H24N2/c1-4-13-19-14-16-7-11-18(12-8-16)20(3)17-9-5-15(2)6-10-17/h5-12,19H,4,13-14H2,1-3H3. The van der Waals surface area contributed by atoms with Gasteiger partial charge >= 0.3 is 0 Å². The molecule has 2 nitrogen and oxygen atoms in total. The molecule has 0 unspecified atom stereocenters. The fourth-order valence-corrected chi connectivity index (χ4v) is 2.16. The van der Waals surface area contributed by atoms with Crippen molar-refractivity contribution in [2.75, 3.05) is 18.5 Å². The van der Waals surface area contributed by atoms with Gasteiger partial charge in [0, 0.05) is 25.0 Å². The number of hydrogen-bond acceptors (Lipinski definition) is 2. The lowest BCUT2D eigenvalue weighted by molar-refractivity contribution is 0.675. The number of hydrogen-bond donors (Lipinski definition) is 1. The molecular formula is C18H24N2. The third-order valence-corrected chi connectivity index (χ3v) is 3.50. The van der Waals surface area contributed by atoms with Crippen LogP contribution in [0.1, 0.15) is 24.5 Å². The highest BCUT2D eigenvalue weighted by Gasteiger charge is 2.03. The van der Waals surface area contributed by atoms with E-state index in [0.29, 0.717) is 0 Å². The Morgan fingerprint density at radius 1 is 0.900 bits per heavy atom. The van der Waals surface area contributed by atoms with Crippen LogP contribution in [-0.2, 0) is 6.54 Å². The highest BCUT2D eigenvalue weighted by atomic mass is 15.1. The van der Waals surface area contributed by atoms with Gasteiger partial charge in [0.25, 0.3) is 0 Å². The Kier molecular flexibility index (Phi) is 5.19. The van der Waals surface area contributed by atoms with Gasteiger partial charge in [-0.25, -0.2) is 0 Å². The maximum Gasteiger partial charge on any atom is 0.0408 e. The maximum atomic E-state index is 3.42. The topological polar surface area (TPSA) is 15.3 Å². The van der Waals surface area contributed by atoms with Gasteiger partial charge < -0.3 is 10.2 Å². The van der Waals surface area contributed by atoms with Crippen LogP contribution in [0.15, 0.2) is 48.5 Å². The van der Waals surface area contributed by atoms with Gasteiger partial charge in [0.2, 0.25) is 0 Å². The quantitative estimate of drug-likeness (QED) is 0.787. The van der Waals surface area contributed by atoms with E-state index in [2.05, 4.69) is 79.6 Å². The summed E-state index contributed by atoms with van der Waals surface area (Å²) < 4.78 is 0. The third kappa shape index (κ3) is 3.84. The van der Waals surface area contributed by atoms with Crippen molar-refractivity contribution in [3.63, 3.8) is 0 Å². The van der Waals surface area contributed by atoms with Gasteiger partial charge in [-0.3, -0.25) is 0 Å². The number of aryl methyl sites for hydroxylation is 1. The minimum Gasteiger partial charge on any atom is -0.345 e. The highest BCUT2D eigenvalue weighted by Crippen LogP contribution is 2.23. The first kappa shape index (κ1) is 14.6. The summed E-state index contributed by atoms with van der Waals surface area (Å²) in [5, 5.41) is 3.42. The SMILES string of the molecule is CCCNCc1ccc(N(C)c2ccc(C)cc2)cc1. The normalized spacial score (nSPS) is 10.6. The van der Waals surface area contributed by atoms with E-state index in [-0.39, 0.29) is 0 Å². The second-order valence-electron chi connectivity index (χ2n) is 5.24. The van der Waals surface area contributed by atoms with E-state index >= 15 is 0 Å². The lowest BCUT2D eigenvalue weighted by Gasteiger charge is -2.20. The third-order valence-electron chi connectivity index (χ3n) is 3.50. The van der Waals surface area contributed by atoms with Crippen LogP contribution in [0.3, 0.4) is 0 Å². The second kappa shape index (κ2) is 7.11. The Morgan fingerprint density at radius 2 is 1.45 bits per heavy atom. The second-order valence-corrected chi connectivity index (χ2v) is 5.24.